The summed E-state index contributed by atoms with van der Waals surface area (Å²) >= 11 is 0. The average molecular weight is 166 g/mol. The Bertz CT molecular complexity index is 147. The zero-order chi connectivity index (χ0) is 8.72. The van der Waals surface area contributed by atoms with Crippen LogP contribution < -0.4 is 0 Å². The van der Waals surface area contributed by atoms with Gasteiger partial charge in [0.2, 0.25) is 0 Å². The molecule has 0 aromatic heterocycles. The highest BCUT2D eigenvalue weighted by molar-refractivity contribution is 4.88. The van der Waals surface area contributed by atoms with Crippen LogP contribution in [0.25, 0.3) is 0 Å². The lowest BCUT2D eigenvalue weighted by atomic mass is 9.88. The SMILES string of the molecule is CC1CC(C(C)C2CC2)CC1C. The van der Waals surface area contributed by atoms with Crippen LogP contribution in [0.2, 0.25) is 0 Å². The molecule has 12 heavy (non-hydrogen) atoms. The summed E-state index contributed by atoms with van der Waals surface area (Å²) in [7, 11) is 0. The predicted octanol–water partition coefficient (Wildman–Crippen LogP) is 3.71. The monoisotopic (exact) mass is 166 g/mol. The maximum Gasteiger partial charge on any atom is -0.0381 e. The van der Waals surface area contributed by atoms with E-state index in [1.807, 2.05) is 0 Å². The van der Waals surface area contributed by atoms with Gasteiger partial charge in [0, 0.05) is 0 Å². The Kier molecular flexibility index (Phi) is 2.18. The molecule has 0 nitrogen and oxygen atoms in total. The van der Waals surface area contributed by atoms with Gasteiger partial charge in [-0.2, -0.15) is 0 Å². The second-order valence-corrected chi connectivity index (χ2v) is 5.38. The molecular formula is C12H22. The maximum absolute atomic E-state index is 2.49. The van der Waals surface area contributed by atoms with Crippen LogP contribution in [0.5, 0.6) is 0 Å². The Labute approximate surface area is 76.7 Å². The first kappa shape index (κ1) is 8.59. The van der Waals surface area contributed by atoms with Gasteiger partial charge in [0.15, 0.2) is 0 Å². The molecule has 2 aliphatic rings. The van der Waals surface area contributed by atoms with Crippen molar-refractivity contribution in [1.29, 1.82) is 0 Å². The van der Waals surface area contributed by atoms with Gasteiger partial charge >= 0.3 is 0 Å². The summed E-state index contributed by atoms with van der Waals surface area (Å²) < 4.78 is 0. The van der Waals surface area contributed by atoms with Gasteiger partial charge in [-0.15, -0.1) is 0 Å². The zero-order valence-electron chi connectivity index (χ0n) is 8.72. The molecule has 2 saturated carbocycles. The summed E-state index contributed by atoms with van der Waals surface area (Å²) in [6.45, 7) is 7.36. The minimum atomic E-state index is 0.996. The topological polar surface area (TPSA) is 0 Å². The van der Waals surface area contributed by atoms with E-state index in [2.05, 4.69) is 20.8 Å². The molecule has 0 aromatic rings. The fourth-order valence-electron chi connectivity index (χ4n) is 2.95. The van der Waals surface area contributed by atoms with Crippen LogP contribution in [-0.4, -0.2) is 0 Å². The summed E-state index contributed by atoms with van der Waals surface area (Å²) in [4.78, 5) is 0. The second kappa shape index (κ2) is 3.05. The largest absolute Gasteiger partial charge is 0.0622 e. The number of hydrogen-bond donors (Lipinski definition) is 0. The van der Waals surface area contributed by atoms with Crippen molar-refractivity contribution in [2.24, 2.45) is 29.6 Å². The molecule has 0 aromatic carbocycles. The third-order valence-corrected chi connectivity index (χ3v) is 4.43. The average Bonchev–Trinajstić information content (AvgIpc) is 2.80. The van der Waals surface area contributed by atoms with Crippen LogP contribution >= 0.6 is 0 Å². The molecule has 2 aliphatic carbocycles. The molecule has 2 fully saturated rings. The van der Waals surface area contributed by atoms with Crippen molar-refractivity contribution in [2.45, 2.75) is 46.5 Å². The highest BCUT2D eigenvalue weighted by Crippen LogP contribution is 2.48. The standard InChI is InChI=1S/C12H22/c1-8-6-12(7-9(8)2)10(3)11-4-5-11/h8-12H,4-7H2,1-3H3. The van der Waals surface area contributed by atoms with Crippen molar-refractivity contribution in [3.8, 4) is 0 Å². The van der Waals surface area contributed by atoms with E-state index in [4.69, 9.17) is 0 Å². The molecule has 70 valence electrons. The van der Waals surface area contributed by atoms with E-state index < -0.39 is 0 Å². The molecule has 0 spiro atoms. The van der Waals surface area contributed by atoms with Gasteiger partial charge in [-0.3, -0.25) is 0 Å². The Hall–Kier alpha value is 0. The van der Waals surface area contributed by atoms with Gasteiger partial charge in [0.05, 0.1) is 0 Å². The fraction of sp³-hybridized carbons (Fsp3) is 1.00. The van der Waals surface area contributed by atoms with Gasteiger partial charge < -0.3 is 0 Å². The van der Waals surface area contributed by atoms with Gasteiger partial charge in [-0.1, -0.05) is 20.8 Å². The molecule has 2 rings (SSSR count). The number of hydrogen-bond acceptors (Lipinski definition) is 0. The molecule has 0 radical (unpaired) electrons. The highest BCUT2D eigenvalue weighted by atomic mass is 14.4. The maximum atomic E-state index is 2.49. The molecule has 0 heteroatoms. The van der Waals surface area contributed by atoms with E-state index >= 15 is 0 Å². The molecule has 0 bridgehead atoms. The van der Waals surface area contributed by atoms with Gasteiger partial charge in [0.1, 0.15) is 0 Å². The normalized spacial score (nSPS) is 44.8. The van der Waals surface area contributed by atoms with Gasteiger partial charge in [-0.05, 0) is 55.3 Å². The molecule has 0 N–H and O–H groups in total. The number of rotatable bonds is 2. The zero-order valence-corrected chi connectivity index (χ0v) is 8.72. The Morgan fingerprint density at radius 2 is 1.42 bits per heavy atom. The first-order valence-corrected chi connectivity index (χ1v) is 5.68. The van der Waals surface area contributed by atoms with Crippen molar-refractivity contribution in [3.63, 3.8) is 0 Å². The molecule has 3 unspecified atom stereocenters. The lowest BCUT2D eigenvalue weighted by molar-refractivity contribution is 0.317. The van der Waals surface area contributed by atoms with E-state index in [-0.39, 0.29) is 0 Å². The van der Waals surface area contributed by atoms with Crippen LogP contribution in [0.1, 0.15) is 46.5 Å². The first-order valence-electron chi connectivity index (χ1n) is 5.68. The quantitative estimate of drug-likeness (QED) is 0.586. The lowest BCUT2D eigenvalue weighted by Gasteiger charge is -2.18. The van der Waals surface area contributed by atoms with E-state index in [1.54, 1.807) is 0 Å². The van der Waals surface area contributed by atoms with Crippen LogP contribution in [0.3, 0.4) is 0 Å². The molecule has 0 amide bonds. The fourth-order valence-corrected chi connectivity index (χ4v) is 2.95. The first-order chi connectivity index (χ1) is 5.68. The van der Waals surface area contributed by atoms with Crippen molar-refractivity contribution in [3.05, 3.63) is 0 Å². The van der Waals surface area contributed by atoms with Gasteiger partial charge in [-0.25, -0.2) is 0 Å². The van der Waals surface area contributed by atoms with E-state index in [0.717, 1.165) is 29.6 Å². The Balaban J connectivity index is 1.88. The van der Waals surface area contributed by atoms with E-state index in [9.17, 15) is 0 Å². The van der Waals surface area contributed by atoms with Crippen LogP contribution in [0, 0.1) is 29.6 Å². The van der Waals surface area contributed by atoms with Gasteiger partial charge in [0.25, 0.3) is 0 Å². The Morgan fingerprint density at radius 3 is 1.83 bits per heavy atom. The predicted molar refractivity (Wildman–Crippen MR) is 52.9 cm³/mol. The van der Waals surface area contributed by atoms with E-state index in [1.165, 1.54) is 25.7 Å². The molecule has 3 atom stereocenters. The van der Waals surface area contributed by atoms with Crippen molar-refractivity contribution in [2.75, 3.05) is 0 Å². The second-order valence-electron chi connectivity index (χ2n) is 5.38. The smallest absolute Gasteiger partial charge is 0.0381 e. The summed E-state index contributed by atoms with van der Waals surface area (Å²) in [6.07, 6.45) is 6.08. The van der Waals surface area contributed by atoms with Crippen molar-refractivity contribution >= 4 is 0 Å². The molecule has 0 aliphatic heterocycles. The minimum absolute atomic E-state index is 0.996. The van der Waals surface area contributed by atoms with Crippen LogP contribution in [0.15, 0.2) is 0 Å². The summed E-state index contributed by atoms with van der Waals surface area (Å²) in [5.74, 6) is 5.22. The Morgan fingerprint density at radius 1 is 0.917 bits per heavy atom. The molecular weight excluding hydrogens is 144 g/mol. The minimum Gasteiger partial charge on any atom is -0.0622 e. The van der Waals surface area contributed by atoms with Crippen molar-refractivity contribution in [1.82, 2.24) is 0 Å². The molecule has 0 heterocycles. The third-order valence-electron chi connectivity index (χ3n) is 4.43. The summed E-state index contributed by atoms with van der Waals surface area (Å²) in [5.41, 5.74) is 0. The highest BCUT2D eigenvalue weighted by Gasteiger charge is 2.38. The van der Waals surface area contributed by atoms with Crippen LogP contribution in [0.4, 0.5) is 0 Å². The lowest BCUT2D eigenvalue weighted by Crippen LogP contribution is -2.10. The third kappa shape index (κ3) is 1.53. The van der Waals surface area contributed by atoms with E-state index in [0.29, 0.717) is 0 Å². The summed E-state index contributed by atoms with van der Waals surface area (Å²) in [6, 6.07) is 0. The van der Waals surface area contributed by atoms with Crippen molar-refractivity contribution < 1.29 is 0 Å². The van der Waals surface area contributed by atoms with Crippen LogP contribution in [-0.2, 0) is 0 Å². The summed E-state index contributed by atoms with van der Waals surface area (Å²) in [5, 5.41) is 0. The molecule has 0 saturated heterocycles.